The molecule has 2 rings (SSSR count). The lowest BCUT2D eigenvalue weighted by molar-refractivity contribution is 0.0543. The molecule has 0 saturated carbocycles. The van der Waals surface area contributed by atoms with E-state index in [2.05, 4.69) is 0 Å². The van der Waals surface area contributed by atoms with E-state index in [4.69, 9.17) is 10.5 Å². The van der Waals surface area contributed by atoms with Gasteiger partial charge in [0.05, 0.1) is 24.0 Å². The molecule has 0 aromatic heterocycles. The SMILES string of the molecule is CCOc1c(N)cccc1C(=O)N1CCC(O)CC1. The van der Waals surface area contributed by atoms with Crippen LogP contribution in [0.3, 0.4) is 0 Å². The summed E-state index contributed by atoms with van der Waals surface area (Å²) >= 11 is 0. The first-order chi connectivity index (χ1) is 9.13. The third-order valence-electron chi connectivity index (χ3n) is 3.32. The number of aliphatic hydroxyl groups is 1. The highest BCUT2D eigenvalue weighted by atomic mass is 16.5. The Kier molecular flexibility index (Phi) is 4.27. The van der Waals surface area contributed by atoms with Gasteiger partial charge in [-0.1, -0.05) is 6.07 Å². The predicted molar refractivity (Wildman–Crippen MR) is 73.2 cm³/mol. The average molecular weight is 264 g/mol. The van der Waals surface area contributed by atoms with Crippen LogP contribution in [0.1, 0.15) is 30.1 Å². The van der Waals surface area contributed by atoms with Crippen molar-refractivity contribution in [3.8, 4) is 5.75 Å². The van der Waals surface area contributed by atoms with Gasteiger partial charge >= 0.3 is 0 Å². The second-order valence-corrected chi connectivity index (χ2v) is 4.68. The lowest BCUT2D eigenvalue weighted by atomic mass is 10.1. The summed E-state index contributed by atoms with van der Waals surface area (Å²) in [6, 6.07) is 5.21. The van der Waals surface area contributed by atoms with Crippen molar-refractivity contribution in [3.05, 3.63) is 23.8 Å². The molecule has 1 aliphatic heterocycles. The highest BCUT2D eigenvalue weighted by molar-refractivity contribution is 5.98. The van der Waals surface area contributed by atoms with Gasteiger partial charge in [0, 0.05) is 13.1 Å². The van der Waals surface area contributed by atoms with Crippen molar-refractivity contribution in [2.75, 3.05) is 25.4 Å². The summed E-state index contributed by atoms with van der Waals surface area (Å²) < 4.78 is 5.48. The Labute approximate surface area is 113 Å². The van der Waals surface area contributed by atoms with E-state index < -0.39 is 0 Å². The number of benzene rings is 1. The summed E-state index contributed by atoms with van der Waals surface area (Å²) in [7, 11) is 0. The molecule has 0 bridgehead atoms. The Morgan fingerprint density at radius 1 is 1.47 bits per heavy atom. The molecule has 1 aromatic rings. The number of rotatable bonds is 3. The lowest BCUT2D eigenvalue weighted by Gasteiger charge is -2.30. The number of carbonyl (C=O) groups is 1. The number of para-hydroxylation sites is 1. The van der Waals surface area contributed by atoms with Gasteiger partial charge in [0.1, 0.15) is 0 Å². The monoisotopic (exact) mass is 264 g/mol. The second-order valence-electron chi connectivity index (χ2n) is 4.68. The Bertz CT molecular complexity index is 454. The molecule has 0 unspecified atom stereocenters. The molecule has 0 aliphatic carbocycles. The molecule has 3 N–H and O–H groups in total. The summed E-state index contributed by atoms with van der Waals surface area (Å²) in [6.45, 7) is 3.46. The van der Waals surface area contributed by atoms with Gasteiger partial charge in [-0.3, -0.25) is 4.79 Å². The molecule has 1 saturated heterocycles. The molecule has 0 radical (unpaired) electrons. The molecule has 104 valence electrons. The van der Waals surface area contributed by atoms with Gasteiger partial charge < -0.3 is 20.5 Å². The quantitative estimate of drug-likeness (QED) is 0.806. The first kappa shape index (κ1) is 13.7. The van der Waals surface area contributed by atoms with Crippen LogP contribution in [0.2, 0.25) is 0 Å². The minimum atomic E-state index is -0.295. The highest BCUT2D eigenvalue weighted by Crippen LogP contribution is 2.28. The fourth-order valence-corrected chi connectivity index (χ4v) is 2.27. The van der Waals surface area contributed by atoms with Gasteiger partial charge in [0.15, 0.2) is 5.75 Å². The number of nitrogens with two attached hydrogens (primary N) is 1. The normalized spacial score (nSPS) is 16.4. The molecular weight excluding hydrogens is 244 g/mol. The Morgan fingerprint density at radius 2 is 2.16 bits per heavy atom. The zero-order valence-electron chi connectivity index (χ0n) is 11.1. The van der Waals surface area contributed by atoms with Crippen molar-refractivity contribution >= 4 is 11.6 Å². The highest BCUT2D eigenvalue weighted by Gasteiger charge is 2.25. The van der Waals surface area contributed by atoms with E-state index in [0.29, 0.717) is 49.5 Å². The van der Waals surface area contributed by atoms with Gasteiger partial charge in [-0.15, -0.1) is 0 Å². The van der Waals surface area contributed by atoms with E-state index in [1.807, 2.05) is 6.92 Å². The van der Waals surface area contributed by atoms with Crippen molar-refractivity contribution < 1.29 is 14.6 Å². The summed E-state index contributed by atoms with van der Waals surface area (Å²) in [5.41, 5.74) is 6.84. The number of likely N-dealkylation sites (tertiary alicyclic amines) is 1. The van der Waals surface area contributed by atoms with Gasteiger partial charge in [-0.25, -0.2) is 0 Å². The standard InChI is InChI=1S/C14H20N2O3/c1-2-19-13-11(4-3-5-12(13)15)14(18)16-8-6-10(17)7-9-16/h3-5,10,17H,2,6-9,15H2,1H3. The van der Waals surface area contributed by atoms with Crippen LogP contribution in [-0.4, -0.2) is 41.7 Å². The average Bonchev–Trinajstić information content (AvgIpc) is 2.41. The number of aliphatic hydroxyl groups excluding tert-OH is 1. The summed E-state index contributed by atoms with van der Waals surface area (Å²) in [4.78, 5) is 14.2. The Balaban J connectivity index is 2.21. The summed E-state index contributed by atoms with van der Waals surface area (Å²) in [6.07, 6.45) is 0.951. The fourth-order valence-electron chi connectivity index (χ4n) is 2.27. The van der Waals surface area contributed by atoms with Gasteiger partial charge in [0.25, 0.3) is 5.91 Å². The molecular formula is C14H20N2O3. The summed E-state index contributed by atoms with van der Waals surface area (Å²) in [5.74, 6) is 0.378. The van der Waals surface area contributed by atoms with E-state index >= 15 is 0 Å². The number of piperidine rings is 1. The summed E-state index contributed by atoms with van der Waals surface area (Å²) in [5, 5.41) is 9.48. The molecule has 1 aromatic carbocycles. The molecule has 1 aliphatic rings. The molecule has 19 heavy (non-hydrogen) atoms. The van der Waals surface area contributed by atoms with Crippen molar-refractivity contribution in [3.63, 3.8) is 0 Å². The van der Waals surface area contributed by atoms with E-state index in [9.17, 15) is 9.90 Å². The van der Waals surface area contributed by atoms with Crippen molar-refractivity contribution in [1.29, 1.82) is 0 Å². The van der Waals surface area contributed by atoms with Gasteiger partial charge in [-0.05, 0) is 31.9 Å². The van der Waals surface area contributed by atoms with Crippen LogP contribution in [0.15, 0.2) is 18.2 Å². The van der Waals surface area contributed by atoms with Crippen LogP contribution in [0, 0.1) is 0 Å². The zero-order valence-corrected chi connectivity index (χ0v) is 11.1. The smallest absolute Gasteiger partial charge is 0.257 e. The fraction of sp³-hybridized carbons (Fsp3) is 0.500. The first-order valence-electron chi connectivity index (χ1n) is 6.62. The minimum Gasteiger partial charge on any atom is -0.491 e. The van der Waals surface area contributed by atoms with E-state index in [1.54, 1.807) is 23.1 Å². The van der Waals surface area contributed by atoms with Crippen LogP contribution in [0.25, 0.3) is 0 Å². The van der Waals surface area contributed by atoms with Crippen LogP contribution in [0.4, 0.5) is 5.69 Å². The van der Waals surface area contributed by atoms with Crippen molar-refractivity contribution in [2.24, 2.45) is 0 Å². The third-order valence-corrected chi connectivity index (χ3v) is 3.32. The molecule has 5 heteroatoms. The number of amides is 1. The number of hydrogen-bond acceptors (Lipinski definition) is 4. The molecule has 1 fully saturated rings. The second kappa shape index (κ2) is 5.93. The van der Waals surface area contributed by atoms with Crippen LogP contribution in [-0.2, 0) is 0 Å². The van der Waals surface area contributed by atoms with E-state index in [-0.39, 0.29) is 12.0 Å². The minimum absolute atomic E-state index is 0.0809. The van der Waals surface area contributed by atoms with Crippen LogP contribution in [0.5, 0.6) is 5.75 Å². The van der Waals surface area contributed by atoms with Crippen LogP contribution >= 0.6 is 0 Å². The van der Waals surface area contributed by atoms with Gasteiger partial charge in [0.2, 0.25) is 0 Å². The predicted octanol–water partition coefficient (Wildman–Crippen LogP) is 1.26. The van der Waals surface area contributed by atoms with E-state index in [0.717, 1.165) is 0 Å². The number of anilines is 1. The molecule has 5 nitrogen and oxygen atoms in total. The Morgan fingerprint density at radius 3 is 2.79 bits per heavy atom. The maximum absolute atomic E-state index is 12.5. The number of carbonyl (C=O) groups excluding carboxylic acids is 1. The lowest BCUT2D eigenvalue weighted by Crippen LogP contribution is -2.40. The van der Waals surface area contributed by atoms with Crippen molar-refractivity contribution in [2.45, 2.75) is 25.9 Å². The molecule has 0 atom stereocenters. The van der Waals surface area contributed by atoms with Crippen LogP contribution < -0.4 is 10.5 Å². The number of ether oxygens (including phenoxy) is 1. The van der Waals surface area contributed by atoms with Crippen molar-refractivity contribution in [1.82, 2.24) is 4.90 Å². The zero-order chi connectivity index (χ0) is 13.8. The maximum atomic E-state index is 12.5. The third kappa shape index (κ3) is 2.98. The maximum Gasteiger partial charge on any atom is 0.257 e. The van der Waals surface area contributed by atoms with E-state index in [1.165, 1.54) is 0 Å². The molecule has 1 amide bonds. The molecule has 0 spiro atoms. The Hall–Kier alpha value is -1.75. The first-order valence-corrected chi connectivity index (χ1v) is 6.62. The largest absolute Gasteiger partial charge is 0.491 e. The topological polar surface area (TPSA) is 75.8 Å². The number of nitrogens with zero attached hydrogens (tertiary/aromatic N) is 1. The number of nitrogen functional groups attached to an aromatic ring is 1. The van der Waals surface area contributed by atoms with Gasteiger partial charge in [-0.2, -0.15) is 0 Å². The molecule has 1 heterocycles. The number of hydrogen-bond donors (Lipinski definition) is 2.